The molecule has 2 rings (SSSR count). The lowest BCUT2D eigenvalue weighted by Crippen LogP contribution is -2.40. The van der Waals surface area contributed by atoms with Crippen molar-refractivity contribution in [1.29, 1.82) is 0 Å². The van der Waals surface area contributed by atoms with E-state index in [1.165, 1.54) is 7.11 Å². The maximum Gasteiger partial charge on any atom is 0.130 e. The summed E-state index contributed by atoms with van der Waals surface area (Å²) in [6.07, 6.45) is 2.12. The molecular weight excluding hydrogens is 312 g/mol. The quantitative estimate of drug-likeness (QED) is 0.790. The van der Waals surface area contributed by atoms with Gasteiger partial charge in [0, 0.05) is 30.7 Å². The van der Waals surface area contributed by atoms with Crippen molar-refractivity contribution in [2.75, 3.05) is 41.7 Å². The zero-order chi connectivity index (χ0) is 17.7. The van der Waals surface area contributed by atoms with Crippen molar-refractivity contribution < 1.29 is 29.2 Å². The number of ether oxygens (including phenoxy) is 4. The summed E-state index contributed by atoms with van der Waals surface area (Å²) >= 11 is 0. The molecule has 0 heterocycles. The Morgan fingerprint density at radius 3 is 2.29 bits per heavy atom. The van der Waals surface area contributed by atoms with Gasteiger partial charge in [-0.05, 0) is 23.8 Å². The molecular formula is C18H24O6. The first-order chi connectivity index (χ1) is 11.6. The van der Waals surface area contributed by atoms with Crippen LogP contribution in [0.15, 0.2) is 35.6 Å². The Balaban J connectivity index is 2.74. The van der Waals surface area contributed by atoms with Crippen molar-refractivity contribution in [2.24, 2.45) is 0 Å². The van der Waals surface area contributed by atoms with Crippen molar-refractivity contribution in [3.63, 3.8) is 0 Å². The number of hydrogen-bond acceptors (Lipinski definition) is 6. The number of methoxy groups -OCH3 is 4. The summed E-state index contributed by atoms with van der Waals surface area (Å²) in [5.41, 5.74) is 0.984. The summed E-state index contributed by atoms with van der Waals surface area (Å²) in [4.78, 5) is 0. The van der Waals surface area contributed by atoms with E-state index in [2.05, 4.69) is 0 Å². The lowest BCUT2D eigenvalue weighted by atomic mass is 9.78. The fourth-order valence-electron chi connectivity index (χ4n) is 3.03. The lowest BCUT2D eigenvalue weighted by Gasteiger charge is -2.38. The first-order valence-corrected chi connectivity index (χ1v) is 7.56. The predicted molar refractivity (Wildman–Crippen MR) is 90.1 cm³/mol. The zero-order valence-corrected chi connectivity index (χ0v) is 14.5. The number of benzene rings is 1. The molecule has 1 unspecified atom stereocenters. The monoisotopic (exact) mass is 336 g/mol. The molecule has 2 N–H and O–H groups in total. The van der Waals surface area contributed by atoms with Gasteiger partial charge in [-0.3, -0.25) is 0 Å². The van der Waals surface area contributed by atoms with Crippen LogP contribution < -0.4 is 9.47 Å². The minimum Gasteiger partial charge on any atom is -0.501 e. The summed E-state index contributed by atoms with van der Waals surface area (Å²) in [7, 11) is 6.22. The number of aliphatic hydroxyl groups is 2. The van der Waals surface area contributed by atoms with Gasteiger partial charge in [-0.1, -0.05) is 0 Å². The molecule has 0 radical (unpaired) electrons. The van der Waals surface area contributed by atoms with Crippen molar-refractivity contribution in [3.8, 4) is 11.5 Å². The third-order valence-electron chi connectivity index (χ3n) is 4.33. The largest absolute Gasteiger partial charge is 0.501 e. The van der Waals surface area contributed by atoms with E-state index in [4.69, 9.17) is 18.9 Å². The molecule has 132 valence electrons. The molecule has 0 fully saturated rings. The molecule has 24 heavy (non-hydrogen) atoms. The van der Waals surface area contributed by atoms with Crippen LogP contribution in [0.4, 0.5) is 0 Å². The number of aliphatic hydroxyl groups excluding tert-OH is 2. The van der Waals surface area contributed by atoms with E-state index in [0.29, 0.717) is 34.8 Å². The van der Waals surface area contributed by atoms with Gasteiger partial charge in [0.05, 0.1) is 40.3 Å². The second kappa shape index (κ2) is 7.70. The van der Waals surface area contributed by atoms with Crippen LogP contribution in [0.3, 0.4) is 0 Å². The zero-order valence-electron chi connectivity index (χ0n) is 14.5. The van der Waals surface area contributed by atoms with E-state index in [9.17, 15) is 10.2 Å². The molecule has 1 atom stereocenters. The van der Waals surface area contributed by atoms with Gasteiger partial charge in [-0.25, -0.2) is 0 Å². The SMILES string of the molecule is COC1=CC(CO)=C(c2ccc(OC)cc2OC)C(CO)(OC)C1. The van der Waals surface area contributed by atoms with Gasteiger partial charge in [0.15, 0.2) is 0 Å². The van der Waals surface area contributed by atoms with E-state index in [0.717, 1.165) is 5.56 Å². The topological polar surface area (TPSA) is 77.4 Å². The molecule has 1 aliphatic rings. The molecule has 1 aromatic carbocycles. The molecule has 0 amide bonds. The Morgan fingerprint density at radius 2 is 1.79 bits per heavy atom. The van der Waals surface area contributed by atoms with E-state index in [1.807, 2.05) is 6.07 Å². The Labute approximate surface area is 141 Å². The Morgan fingerprint density at radius 1 is 1.04 bits per heavy atom. The van der Waals surface area contributed by atoms with Crippen LogP contribution in [0.25, 0.3) is 5.57 Å². The van der Waals surface area contributed by atoms with Gasteiger partial charge in [0.1, 0.15) is 17.1 Å². The smallest absolute Gasteiger partial charge is 0.130 e. The molecule has 6 heteroatoms. The van der Waals surface area contributed by atoms with Crippen molar-refractivity contribution in [3.05, 3.63) is 41.2 Å². The van der Waals surface area contributed by atoms with E-state index < -0.39 is 5.60 Å². The van der Waals surface area contributed by atoms with Gasteiger partial charge in [-0.15, -0.1) is 0 Å². The third kappa shape index (κ3) is 3.13. The van der Waals surface area contributed by atoms with Crippen LogP contribution in [0.5, 0.6) is 11.5 Å². The molecule has 1 aromatic rings. The Bertz CT molecular complexity index is 643. The molecule has 0 aromatic heterocycles. The molecule has 0 saturated heterocycles. The molecule has 0 bridgehead atoms. The lowest BCUT2D eigenvalue weighted by molar-refractivity contribution is -0.0157. The van der Waals surface area contributed by atoms with Crippen LogP contribution >= 0.6 is 0 Å². The van der Waals surface area contributed by atoms with E-state index >= 15 is 0 Å². The van der Waals surface area contributed by atoms with Gasteiger partial charge in [0.2, 0.25) is 0 Å². The standard InChI is InChI=1S/C18H24O6/c1-21-13-5-6-15(16(8-13)23-3)17-12(10-19)7-14(22-2)9-18(17,11-20)24-4/h5-8,19-20H,9-11H2,1-4H3. The fourth-order valence-corrected chi connectivity index (χ4v) is 3.03. The Hall–Kier alpha value is -2.02. The highest BCUT2D eigenvalue weighted by Gasteiger charge is 2.41. The molecule has 6 nitrogen and oxygen atoms in total. The van der Waals surface area contributed by atoms with Crippen LogP contribution in [-0.2, 0) is 9.47 Å². The Kier molecular flexibility index (Phi) is 5.88. The van der Waals surface area contributed by atoms with Gasteiger partial charge >= 0.3 is 0 Å². The number of hydrogen-bond donors (Lipinski definition) is 2. The highest BCUT2D eigenvalue weighted by Crippen LogP contribution is 2.45. The summed E-state index contributed by atoms with van der Waals surface area (Å²) in [6.45, 7) is -0.485. The van der Waals surface area contributed by atoms with E-state index in [-0.39, 0.29) is 13.2 Å². The van der Waals surface area contributed by atoms with Gasteiger partial charge in [0.25, 0.3) is 0 Å². The maximum absolute atomic E-state index is 10.1. The van der Waals surface area contributed by atoms with Crippen LogP contribution in [0.1, 0.15) is 12.0 Å². The first-order valence-electron chi connectivity index (χ1n) is 7.56. The average Bonchev–Trinajstić information content (AvgIpc) is 2.66. The van der Waals surface area contributed by atoms with Crippen LogP contribution in [0, 0.1) is 0 Å². The van der Waals surface area contributed by atoms with Crippen molar-refractivity contribution >= 4 is 5.57 Å². The van der Waals surface area contributed by atoms with Crippen LogP contribution in [-0.4, -0.2) is 57.5 Å². The minimum absolute atomic E-state index is 0.220. The molecule has 0 aliphatic heterocycles. The summed E-state index contributed by atoms with van der Waals surface area (Å²) < 4.78 is 21.7. The van der Waals surface area contributed by atoms with E-state index in [1.54, 1.807) is 39.5 Å². The summed E-state index contributed by atoms with van der Waals surface area (Å²) in [5.74, 6) is 1.85. The average molecular weight is 336 g/mol. The highest BCUT2D eigenvalue weighted by atomic mass is 16.5. The second-order valence-corrected chi connectivity index (χ2v) is 5.47. The summed E-state index contributed by atoms with van der Waals surface area (Å²) in [5, 5.41) is 19.9. The first kappa shape index (κ1) is 18.3. The molecule has 1 aliphatic carbocycles. The normalized spacial score (nSPS) is 20.7. The minimum atomic E-state index is -1.03. The van der Waals surface area contributed by atoms with Crippen molar-refractivity contribution in [2.45, 2.75) is 12.0 Å². The highest BCUT2D eigenvalue weighted by molar-refractivity contribution is 5.82. The molecule has 0 spiro atoms. The molecule has 0 saturated carbocycles. The third-order valence-corrected chi connectivity index (χ3v) is 4.33. The van der Waals surface area contributed by atoms with Gasteiger partial charge < -0.3 is 29.2 Å². The summed E-state index contributed by atoms with van der Waals surface area (Å²) in [6, 6.07) is 5.38. The van der Waals surface area contributed by atoms with Crippen LogP contribution in [0.2, 0.25) is 0 Å². The maximum atomic E-state index is 10.1. The van der Waals surface area contributed by atoms with Crippen molar-refractivity contribution in [1.82, 2.24) is 0 Å². The predicted octanol–water partition coefficient (Wildman–Crippen LogP) is 1.76. The fraction of sp³-hybridized carbons (Fsp3) is 0.444. The number of rotatable bonds is 7. The van der Waals surface area contributed by atoms with Gasteiger partial charge in [-0.2, -0.15) is 0 Å². The second-order valence-electron chi connectivity index (χ2n) is 5.47.